The quantitative estimate of drug-likeness (QED) is 0.777. The summed E-state index contributed by atoms with van der Waals surface area (Å²) in [4.78, 5) is 24.7. The fraction of sp³-hybridized carbons (Fsp3) is 0.867. The number of carboxylic acids is 1. The van der Waals surface area contributed by atoms with E-state index in [9.17, 15) is 9.59 Å². The van der Waals surface area contributed by atoms with E-state index < -0.39 is 12.0 Å². The van der Waals surface area contributed by atoms with Gasteiger partial charge < -0.3 is 10.4 Å². The van der Waals surface area contributed by atoms with Gasteiger partial charge in [0.05, 0.1) is 6.54 Å². The van der Waals surface area contributed by atoms with Gasteiger partial charge in [-0.3, -0.25) is 14.5 Å². The Morgan fingerprint density at radius 1 is 1.10 bits per heavy atom. The summed E-state index contributed by atoms with van der Waals surface area (Å²) < 4.78 is 0. The molecule has 2 N–H and O–H groups in total. The van der Waals surface area contributed by atoms with Crippen LogP contribution in [-0.2, 0) is 9.59 Å². The molecule has 1 unspecified atom stereocenters. The highest BCUT2D eigenvalue weighted by Gasteiger charge is 2.31. The molecular formula is C15H26N2O3. The number of nitrogens with zero attached hydrogens (tertiary/aromatic N) is 1. The zero-order chi connectivity index (χ0) is 14.4. The number of carboxylic acid groups (broad SMARTS) is 1. The number of aliphatic carboxylic acids is 1. The molecule has 1 saturated heterocycles. The van der Waals surface area contributed by atoms with E-state index >= 15 is 0 Å². The van der Waals surface area contributed by atoms with E-state index in [1.807, 2.05) is 0 Å². The molecule has 1 saturated carbocycles. The molecule has 0 spiro atoms. The minimum absolute atomic E-state index is 0.0334. The van der Waals surface area contributed by atoms with Crippen molar-refractivity contribution >= 4 is 11.9 Å². The van der Waals surface area contributed by atoms with Crippen molar-refractivity contribution in [1.82, 2.24) is 10.2 Å². The third-order valence-corrected chi connectivity index (χ3v) is 4.59. The van der Waals surface area contributed by atoms with E-state index in [2.05, 4.69) is 5.32 Å². The number of amides is 1. The largest absolute Gasteiger partial charge is 0.480 e. The molecule has 114 valence electrons. The highest BCUT2D eigenvalue weighted by Crippen LogP contribution is 2.25. The Bertz CT molecular complexity index is 340. The van der Waals surface area contributed by atoms with E-state index in [0.717, 1.165) is 25.3 Å². The summed E-state index contributed by atoms with van der Waals surface area (Å²) in [5.74, 6) is -0.0749. The fourth-order valence-corrected chi connectivity index (χ4v) is 3.43. The molecule has 20 heavy (non-hydrogen) atoms. The SMILES string of the molecule is O=C(CN1CCCC1C(=O)O)NCCC1CCCCC1. The third kappa shape index (κ3) is 4.47. The minimum Gasteiger partial charge on any atom is -0.480 e. The first kappa shape index (κ1) is 15.3. The van der Waals surface area contributed by atoms with Crippen molar-refractivity contribution in [3.05, 3.63) is 0 Å². The molecule has 1 aliphatic carbocycles. The normalized spacial score (nSPS) is 24.7. The van der Waals surface area contributed by atoms with Crippen LogP contribution in [0.2, 0.25) is 0 Å². The average Bonchev–Trinajstić information content (AvgIpc) is 2.88. The molecule has 2 rings (SSSR count). The van der Waals surface area contributed by atoms with Crippen LogP contribution in [0.3, 0.4) is 0 Å². The molecule has 1 aliphatic heterocycles. The van der Waals surface area contributed by atoms with E-state index in [4.69, 9.17) is 5.11 Å². The second-order valence-electron chi connectivity index (χ2n) is 6.11. The molecule has 0 aromatic carbocycles. The van der Waals surface area contributed by atoms with Gasteiger partial charge in [0, 0.05) is 6.54 Å². The molecule has 5 heteroatoms. The van der Waals surface area contributed by atoms with Gasteiger partial charge in [-0.1, -0.05) is 32.1 Å². The van der Waals surface area contributed by atoms with Gasteiger partial charge in [-0.25, -0.2) is 0 Å². The second kappa shape index (κ2) is 7.62. The summed E-state index contributed by atoms with van der Waals surface area (Å²) in [6.07, 6.45) is 9.19. The summed E-state index contributed by atoms with van der Waals surface area (Å²) in [7, 11) is 0. The highest BCUT2D eigenvalue weighted by atomic mass is 16.4. The lowest BCUT2D eigenvalue weighted by molar-refractivity contribution is -0.142. The van der Waals surface area contributed by atoms with Gasteiger partial charge in [0.15, 0.2) is 0 Å². The van der Waals surface area contributed by atoms with E-state index in [0.29, 0.717) is 13.0 Å². The van der Waals surface area contributed by atoms with Gasteiger partial charge in [-0.05, 0) is 31.7 Å². The van der Waals surface area contributed by atoms with Crippen LogP contribution in [0.15, 0.2) is 0 Å². The summed E-state index contributed by atoms with van der Waals surface area (Å²) >= 11 is 0. The molecule has 0 aromatic heterocycles. The Kier molecular flexibility index (Phi) is 5.83. The predicted octanol–water partition coefficient (Wildman–Crippen LogP) is 1.62. The number of carbonyl (C=O) groups excluding carboxylic acids is 1. The lowest BCUT2D eigenvalue weighted by Crippen LogP contribution is -2.43. The predicted molar refractivity (Wildman–Crippen MR) is 76.4 cm³/mol. The molecule has 0 radical (unpaired) electrons. The van der Waals surface area contributed by atoms with Crippen LogP contribution >= 0.6 is 0 Å². The van der Waals surface area contributed by atoms with Crippen molar-refractivity contribution in [3.8, 4) is 0 Å². The Balaban J connectivity index is 1.63. The summed E-state index contributed by atoms with van der Waals surface area (Å²) in [6, 6.07) is -0.473. The number of nitrogens with one attached hydrogen (secondary N) is 1. The van der Waals surface area contributed by atoms with E-state index in [1.54, 1.807) is 4.90 Å². The average molecular weight is 282 g/mol. The molecule has 1 atom stereocenters. The topological polar surface area (TPSA) is 69.6 Å². The summed E-state index contributed by atoms with van der Waals surface area (Å²) in [6.45, 7) is 1.67. The van der Waals surface area contributed by atoms with Crippen LogP contribution < -0.4 is 5.32 Å². The number of rotatable bonds is 6. The molecule has 5 nitrogen and oxygen atoms in total. The van der Waals surface area contributed by atoms with Gasteiger partial charge in [0.25, 0.3) is 0 Å². The van der Waals surface area contributed by atoms with Crippen molar-refractivity contribution in [2.45, 2.75) is 57.4 Å². The zero-order valence-corrected chi connectivity index (χ0v) is 12.1. The van der Waals surface area contributed by atoms with Crippen molar-refractivity contribution in [2.75, 3.05) is 19.6 Å². The Hall–Kier alpha value is -1.10. The van der Waals surface area contributed by atoms with Crippen LogP contribution in [0.25, 0.3) is 0 Å². The standard InChI is InChI=1S/C15H26N2O3/c18-14(11-17-10-4-7-13(17)15(19)20)16-9-8-12-5-2-1-3-6-12/h12-13H,1-11H2,(H,16,18)(H,19,20). The van der Waals surface area contributed by atoms with Gasteiger partial charge >= 0.3 is 5.97 Å². The number of carbonyl (C=O) groups is 2. The van der Waals surface area contributed by atoms with Gasteiger partial charge in [-0.2, -0.15) is 0 Å². The van der Waals surface area contributed by atoms with Gasteiger partial charge in [0.1, 0.15) is 6.04 Å². The highest BCUT2D eigenvalue weighted by molar-refractivity contribution is 5.80. The zero-order valence-electron chi connectivity index (χ0n) is 12.1. The maximum absolute atomic E-state index is 11.9. The summed E-state index contributed by atoms with van der Waals surface area (Å²) in [5, 5.41) is 12.0. The van der Waals surface area contributed by atoms with Crippen LogP contribution in [0.4, 0.5) is 0 Å². The minimum atomic E-state index is -0.808. The molecule has 0 bridgehead atoms. The van der Waals surface area contributed by atoms with Gasteiger partial charge in [0.2, 0.25) is 5.91 Å². The summed E-state index contributed by atoms with van der Waals surface area (Å²) in [5.41, 5.74) is 0. The molecule has 1 amide bonds. The molecule has 1 heterocycles. The Morgan fingerprint density at radius 2 is 1.85 bits per heavy atom. The molecule has 2 fully saturated rings. The van der Waals surface area contributed by atoms with Crippen LogP contribution in [0.1, 0.15) is 51.4 Å². The first-order valence-electron chi connectivity index (χ1n) is 7.90. The maximum atomic E-state index is 11.9. The first-order valence-corrected chi connectivity index (χ1v) is 7.90. The van der Waals surface area contributed by atoms with E-state index in [1.165, 1.54) is 32.1 Å². The fourth-order valence-electron chi connectivity index (χ4n) is 3.43. The number of likely N-dealkylation sites (tertiary alicyclic amines) is 1. The smallest absolute Gasteiger partial charge is 0.320 e. The molecular weight excluding hydrogens is 256 g/mol. The van der Waals surface area contributed by atoms with Crippen molar-refractivity contribution < 1.29 is 14.7 Å². The maximum Gasteiger partial charge on any atom is 0.320 e. The van der Waals surface area contributed by atoms with E-state index in [-0.39, 0.29) is 12.5 Å². The monoisotopic (exact) mass is 282 g/mol. The number of hydrogen-bond acceptors (Lipinski definition) is 3. The van der Waals surface area contributed by atoms with Crippen LogP contribution in [0, 0.1) is 5.92 Å². The lowest BCUT2D eigenvalue weighted by Gasteiger charge is -2.22. The van der Waals surface area contributed by atoms with Gasteiger partial charge in [-0.15, -0.1) is 0 Å². The number of hydrogen-bond donors (Lipinski definition) is 2. The van der Waals surface area contributed by atoms with Crippen molar-refractivity contribution in [3.63, 3.8) is 0 Å². The van der Waals surface area contributed by atoms with Crippen molar-refractivity contribution in [2.24, 2.45) is 5.92 Å². The van der Waals surface area contributed by atoms with Crippen LogP contribution in [-0.4, -0.2) is 47.6 Å². The van der Waals surface area contributed by atoms with Crippen LogP contribution in [0.5, 0.6) is 0 Å². The Labute approximate surface area is 120 Å². The molecule has 0 aromatic rings. The second-order valence-corrected chi connectivity index (χ2v) is 6.11. The lowest BCUT2D eigenvalue weighted by atomic mass is 9.87. The van der Waals surface area contributed by atoms with Crippen molar-refractivity contribution in [1.29, 1.82) is 0 Å². The first-order chi connectivity index (χ1) is 9.66. The molecule has 2 aliphatic rings. The Morgan fingerprint density at radius 3 is 2.55 bits per heavy atom. The third-order valence-electron chi connectivity index (χ3n) is 4.59.